The molecule has 1 unspecified atom stereocenters. The number of carbonyl (C=O) groups is 3. The Kier molecular flexibility index (Phi) is 10.3. The molecule has 21 heteroatoms. The first kappa shape index (κ1) is 41.5. The fraction of sp³-hybridized carbons (Fsp3) is 0.390. The number of azide groups is 1. The Hall–Kier alpha value is -5.89. The van der Waals surface area contributed by atoms with Gasteiger partial charge in [-0.2, -0.15) is 0 Å². The molecule has 1 aliphatic carbocycles. The number of aryl methyl sites for hydroxylation is 1. The average molecular weight is 920 g/mol. The number of hydrogen-bond donors (Lipinski definition) is 6. The predicted octanol–water partition coefficient (Wildman–Crippen LogP) is 2.73. The first-order valence-corrected chi connectivity index (χ1v) is 21.3. The third-order valence-corrected chi connectivity index (χ3v) is 14.7. The van der Waals surface area contributed by atoms with Crippen molar-refractivity contribution in [2.24, 2.45) is 5.11 Å². The molecule has 6 heterocycles. The number of aromatic nitrogens is 2. The molecule has 7 atom stereocenters. The maximum atomic E-state index is 15.4. The van der Waals surface area contributed by atoms with Gasteiger partial charge >= 0.3 is 295 Å². The SMILES string of the molecule is CC[C@]1(O)C(=O)OCc2c1cc1n(c2=O)Cc2c-1nc1cc(F)c(C)c3c1c2C(NC(=O)OCc1ccc(O[C@@H]2O[C@H](C(=O)O)[C@@H](O)[C@H](O)[C@H]2O)c2cc(CN=[N+]=[N-])[se]c12)CC3. The van der Waals surface area contributed by atoms with Gasteiger partial charge in [-0.1, -0.05) is 6.92 Å². The van der Waals surface area contributed by atoms with E-state index in [0.29, 0.717) is 67.0 Å². The molecule has 9 rings (SSSR count). The Balaban J connectivity index is 1.03. The van der Waals surface area contributed by atoms with Crippen molar-refractivity contribution in [3.05, 3.63) is 100 Å². The number of aliphatic hydroxyl groups is 4. The Labute approximate surface area is 354 Å². The van der Waals surface area contributed by atoms with E-state index in [9.17, 15) is 44.7 Å². The second-order valence-electron chi connectivity index (χ2n) is 15.5. The van der Waals surface area contributed by atoms with E-state index in [-0.39, 0.29) is 49.6 Å². The number of fused-ring (bicyclic) bond motifs is 6. The molecule has 2 aromatic carbocycles. The molecule has 6 N–H and O–H groups in total. The molecule has 1 fully saturated rings. The summed E-state index contributed by atoms with van der Waals surface area (Å²) < 4.78 is 40.5. The number of ether oxygens (including phenoxy) is 4. The molecule has 3 aromatic heterocycles. The maximum absolute atomic E-state index is 15.4. The molecule has 1 saturated heterocycles. The summed E-state index contributed by atoms with van der Waals surface area (Å²) >= 11 is -0.467. The van der Waals surface area contributed by atoms with Crippen LogP contribution >= 0.6 is 0 Å². The fourth-order valence-corrected chi connectivity index (χ4v) is 11.2. The van der Waals surface area contributed by atoms with Crippen molar-refractivity contribution >= 4 is 53.1 Å². The second-order valence-corrected chi connectivity index (χ2v) is 17.9. The number of amides is 1. The number of carboxylic acid groups (broad SMARTS) is 1. The minimum atomic E-state index is -2.05. The molecule has 4 aliphatic rings. The molecular formula is C41H37FN6O13Se. The topological polar surface area (TPSA) is 285 Å². The number of carboxylic acids is 1. The van der Waals surface area contributed by atoms with Gasteiger partial charge in [0.2, 0.25) is 0 Å². The van der Waals surface area contributed by atoms with Crippen LogP contribution in [0.15, 0.2) is 40.2 Å². The Morgan fingerprint density at radius 2 is 1.94 bits per heavy atom. The van der Waals surface area contributed by atoms with Gasteiger partial charge in [0.1, 0.15) is 6.61 Å². The van der Waals surface area contributed by atoms with Gasteiger partial charge in [-0.15, -0.1) is 0 Å². The standard InChI is InChI=1S/C41H37FN6O13Se/c1-3-41(57)22-9-26-30-20(12-48(26)36(52)21(22)14-58-39(41)55)29-24(6-5-18-15(2)23(42)10-25(45-30)28(18)29)46-40(56)59-13-16-4-7-27(19-8-17(11-44-47-43)62-35(16)19)60-38-33(51)31(49)32(50)34(61-38)37(53)54/h4,7-10,24,31-34,38,49-51,57H,3,5-6,11-14H2,1-2H3,(H,46,56)(H,53,54)/t24?,31-,32-,33+,34-,38+,41+/m0/s1. The molecule has 0 saturated carbocycles. The van der Waals surface area contributed by atoms with Crippen LogP contribution in [0.2, 0.25) is 0 Å². The summed E-state index contributed by atoms with van der Waals surface area (Å²) in [5, 5.41) is 59.6. The van der Waals surface area contributed by atoms with E-state index in [4.69, 9.17) is 29.5 Å². The number of nitrogens with zero attached hydrogens (tertiary/aromatic N) is 5. The molecule has 0 bridgehead atoms. The summed E-state index contributed by atoms with van der Waals surface area (Å²) in [5.41, 5.74) is 10.6. The van der Waals surface area contributed by atoms with Crippen molar-refractivity contribution in [1.29, 1.82) is 0 Å². The van der Waals surface area contributed by atoms with Crippen molar-refractivity contribution in [1.82, 2.24) is 14.9 Å². The Morgan fingerprint density at radius 3 is 2.68 bits per heavy atom. The second kappa shape index (κ2) is 15.5. The zero-order valence-corrected chi connectivity index (χ0v) is 34.5. The van der Waals surface area contributed by atoms with Crippen molar-refractivity contribution < 1.29 is 63.3 Å². The third-order valence-electron chi connectivity index (χ3n) is 12.2. The van der Waals surface area contributed by atoms with Gasteiger partial charge in [0.05, 0.1) is 5.56 Å². The molecule has 0 spiro atoms. The molecule has 322 valence electrons. The number of pyridine rings is 2. The van der Waals surface area contributed by atoms with E-state index < -0.39 is 86.3 Å². The Morgan fingerprint density at radius 1 is 1.15 bits per heavy atom. The number of nitrogens with one attached hydrogen (secondary N) is 1. The van der Waals surface area contributed by atoms with E-state index >= 15 is 4.39 Å². The number of esters is 1. The number of hydrogen-bond acceptors (Lipinski definition) is 14. The van der Waals surface area contributed by atoms with Gasteiger partial charge in [-0.05, 0) is 6.42 Å². The first-order chi connectivity index (χ1) is 29.6. The van der Waals surface area contributed by atoms with E-state index in [1.54, 1.807) is 32.0 Å². The molecule has 3 aliphatic heterocycles. The summed E-state index contributed by atoms with van der Waals surface area (Å²) in [5.74, 6) is -2.79. The number of halogens is 1. The number of rotatable bonds is 9. The average Bonchev–Trinajstić information content (AvgIpc) is 3.86. The molecular weight excluding hydrogens is 882 g/mol. The fourth-order valence-electron chi connectivity index (χ4n) is 8.90. The molecule has 0 radical (unpaired) electrons. The number of carbonyl (C=O) groups excluding carboxylic acids is 2. The third kappa shape index (κ3) is 6.51. The summed E-state index contributed by atoms with van der Waals surface area (Å²) in [6, 6.07) is 6.99. The minimum absolute atomic E-state index is 0.0151. The zero-order chi connectivity index (χ0) is 43.9. The first-order valence-electron chi connectivity index (χ1n) is 19.5. The molecule has 1 amide bonds. The molecule has 19 nitrogen and oxygen atoms in total. The van der Waals surface area contributed by atoms with Gasteiger partial charge < -0.3 is 9.84 Å². The number of aliphatic hydroxyl groups excluding tert-OH is 3. The van der Waals surface area contributed by atoms with Gasteiger partial charge in [0.15, 0.2) is 5.60 Å². The van der Waals surface area contributed by atoms with Crippen molar-refractivity contribution in [3.8, 4) is 17.1 Å². The van der Waals surface area contributed by atoms with Crippen molar-refractivity contribution in [2.75, 3.05) is 0 Å². The zero-order valence-electron chi connectivity index (χ0n) is 32.8. The van der Waals surface area contributed by atoms with Gasteiger partial charge in [0.25, 0.3) is 0 Å². The van der Waals surface area contributed by atoms with Gasteiger partial charge in [-0.3, -0.25) is 4.79 Å². The number of aliphatic carboxylic acids is 1. The van der Waals surface area contributed by atoms with Crippen LogP contribution in [0.5, 0.6) is 5.75 Å². The predicted molar refractivity (Wildman–Crippen MR) is 212 cm³/mol. The Bertz CT molecular complexity index is 2880. The van der Waals surface area contributed by atoms with Crippen LogP contribution in [-0.2, 0) is 62.1 Å². The monoisotopic (exact) mass is 920 g/mol. The van der Waals surface area contributed by atoms with E-state index in [0.717, 1.165) is 10.0 Å². The van der Waals surface area contributed by atoms with Crippen LogP contribution < -0.4 is 15.6 Å². The van der Waals surface area contributed by atoms with E-state index in [1.165, 1.54) is 16.7 Å². The van der Waals surface area contributed by atoms with Crippen LogP contribution in [0.25, 0.3) is 42.4 Å². The molecule has 62 heavy (non-hydrogen) atoms. The van der Waals surface area contributed by atoms with Crippen LogP contribution in [0.3, 0.4) is 0 Å². The number of benzene rings is 2. The van der Waals surface area contributed by atoms with Crippen molar-refractivity contribution in [2.45, 2.75) is 102 Å². The summed E-state index contributed by atoms with van der Waals surface area (Å²) in [6.07, 6.45) is -9.32. The summed E-state index contributed by atoms with van der Waals surface area (Å²) in [6.45, 7) is 2.78. The quantitative estimate of drug-likeness (QED) is 0.0400. The van der Waals surface area contributed by atoms with E-state index in [2.05, 4.69) is 15.3 Å². The van der Waals surface area contributed by atoms with Crippen molar-refractivity contribution in [3.63, 3.8) is 0 Å². The van der Waals surface area contributed by atoms with Crippen LogP contribution in [0, 0.1) is 12.7 Å². The van der Waals surface area contributed by atoms with Gasteiger partial charge in [-0.25, -0.2) is 9.18 Å². The number of cyclic esters (lactones) is 1. The van der Waals surface area contributed by atoms with Crippen LogP contribution in [0.1, 0.15) is 69.2 Å². The van der Waals surface area contributed by atoms with Crippen LogP contribution in [-0.4, -0.2) is 98.3 Å². The number of alkyl carbamates (subject to hydrolysis) is 1. The molecule has 5 aromatic rings. The van der Waals surface area contributed by atoms with E-state index in [1.807, 2.05) is 0 Å². The van der Waals surface area contributed by atoms with Crippen LogP contribution in [0.4, 0.5) is 9.18 Å². The summed E-state index contributed by atoms with van der Waals surface area (Å²) in [4.78, 5) is 59.9. The summed E-state index contributed by atoms with van der Waals surface area (Å²) in [7, 11) is 0. The van der Waals surface area contributed by atoms with Gasteiger partial charge in [0, 0.05) is 5.56 Å². The normalized spacial score (nSPS) is 24.7.